The van der Waals surface area contributed by atoms with Crippen molar-refractivity contribution in [2.75, 3.05) is 40.4 Å². The predicted molar refractivity (Wildman–Crippen MR) is 111 cm³/mol. The van der Waals surface area contributed by atoms with Crippen molar-refractivity contribution in [1.29, 1.82) is 0 Å². The van der Waals surface area contributed by atoms with Crippen LogP contribution in [0.5, 0.6) is 0 Å². The molecule has 8 heteroatoms. The van der Waals surface area contributed by atoms with E-state index in [9.17, 15) is 8.42 Å². The number of ether oxygens (including phenoxy) is 1. The fourth-order valence-corrected chi connectivity index (χ4v) is 3.91. The maximum atomic E-state index is 12.5. The number of nitrogens with zero attached hydrogens (tertiary/aromatic N) is 2. The molecular formula is C20H26N4O3S. The second-order valence-corrected chi connectivity index (χ2v) is 8.56. The van der Waals surface area contributed by atoms with E-state index >= 15 is 0 Å². The minimum Gasteiger partial charge on any atom is -0.380 e. The lowest BCUT2D eigenvalue weighted by Crippen LogP contribution is -2.26. The second-order valence-electron chi connectivity index (χ2n) is 6.79. The van der Waals surface area contributed by atoms with Gasteiger partial charge in [0.2, 0.25) is 10.0 Å². The topological polar surface area (TPSA) is 87.3 Å². The zero-order valence-electron chi connectivity index (χ0n) is 16.2. The Labute approximate surface area is 165 Å². The molecule has 2 N–H and O–H groups in total. The van der Waals surface area contributed by atoms with E-state index in [2.05, 4.69) is 14.7 Å². The van der Waals surface area contributed by atoms with Crippen LogP contribution in [-0.4, -0.2) is 63.7 Å². The molecule has 7 nitrogen and oxygen atoms in total. The number of pyridine rings is 1. The molecule has 2 heterocycles. The van der Waals surface area contributed by atoms with Crippen LogP contribution in [0.25, 0.3) is 22.2 Å². The molecule has 0 spiro atoms. The smallest absolute Gasteiger partial charge is 0.240 e. The second kappa shape index (κ2) is 9.29. The Morgan fingerprint density at radius 3 is 2.64 bits per heavy atom. The highest BCUT2D eigenvalue weighted by Crippen LogP contribution is 2.27. The largest absolute Gasteiger partial charge is 0.380 e. The molecule has 0 saturated heterocycles. The van der Waals surface area contributed by atoms with Gasteiger partial charge >= 0.3 is 0 Å². The summed E-state index contributed by atoms with van der Waals surface area (Å²) in [6.07, 6.45) is 4.21. The summed E-state index contributed by atoms with van der Waals surface area (Å²) in [6, 6.07) is 10.8. The monoisotopic (exact) mass is 402 g/mol. The highest BCUT2D eigenvalue weighted by atomic mass is 32.2. The molecule has 0 saturated carbocycles. The van der Waals surface area contributed by atoms with Crippen molar-refractivity contribution in [2.24, 2.45) is 0 Å². The Morgan fingerprint density at radius 2 is 1.89 bits per heavy atom. The summed E-state index contributed by atoms with van der Waals surface area (Å²) in [7, 11) is 0.440. The maximum Gasteiger partial charge on any atom is 0.240 e. The van der Waals surface area contributed by atoms with Crippen LogP contribution in [0.2, 0.25) is 0 Å². The normalized spacial score (nSPS) is 12.1. The minimum absolute atomic E-state index is 0.254. The molecule has 3 rings (SSSR count). The molecular weight excluding hydrogens is 376 g/mol. The van der Waals surface area contributed by atoms with E-state index in [4.69, 9.17) is 4.74 Å². The number of sulfonamides is 1. The summed E-state index contributed by atoms with van der Waals surface area (Å²) in [4.78, 5) is 9.66. The molecule has 0 fully saturated rings. The lowest BCUT2D eigenvalue weighted by molar-refractivity contribution is 0.116. The van der Waals surface area contributed by atoms with Gasteiger partial charge in [-0.25, -0.2) is 18.1 Å². The van der Waals surface area contributed by atoms with Gasteiger partial charge < -0.3 is 14.6 Å². The average molecular weight is 403 g/mol. The van der Waals surface area contributed by atoms with Crippen molar-refractivity contribution < 1.29 is 13.2 Å². The highest BCUT2D eigenvalue weighted by molar-refractivity contribution is 7.89. The van der Waals surface area contributed by atoms with Gasteiger partial charge in [-0.1, -0.05) is 12.1 Å². The van der Waals surface area contributed by atoms with Gasteiger partial charge in [-0.05, 0) is 55.9 Å². The summed E-state index contributed by atoms with van der Waals surface area (Å²) >= 11 is 0. The lowest BCUT2D eigenvalue weighted by atomic mass is 10.0. The highest BCUT2D eigenvalue weighted by Gasteiger charge is 2.14. The van der Waals surface area contributed by atoms with Gasteiger partial charge in [0.05, 0.1) is 11.5 Å². The number of hydrogen-bond acceptors (Lipinski definition) is 5. The van der Waals surface area contributed by atoms with Crippen molar-refractivity contribution in [2.45, 2.75) is 11.3 Å². The van der Waals surface area contributed by atoms with Gasteiger partial charge in [-0.3, -0.25) is 0 Å². The van der Waals surface area contributed by atoms with Crippen LogP contribution >= 0.6 is 0 Å². The van der Waals surface area contributed by atoms with Crippen LogP contribution in [0, 0.1) is 0 Å². The van der Waals surface area contributed by atoms with Crippen molar-refractivity contribution in [3.63, 3.8) is 0 Å². The molecule has 28 heavy (non-hydrogen) atoms. The molecule has 0 aliphatic carbocycles. The summed E-state index contributed by atoms with van der Waals surface area (Å²) < 4.78 is 33.0. The number of aromatic nitrogens is 2. The molecule has 0 radical (unpaired) electrons. The SMILES string of the molecule is CN(C)CCOCCCNS(=O)(=O)c1ccc(-c2ccnc3[nH]ccc23)cc1. The standard InChI is InChI=1S/C20H26N4O3S/c1-24(2)13-15-27-14-3-10-23-28(25,26)17-6-4-16(5-7-17)18-8-11-21-20-19(18)9-12-22-20/h4-9,11-12,23H,3,10,13-15H2,1-2H3,(H,21,22). The minimum atomic E-state index is -3.53. The molecule has 0 amide bonds. The molecule has 0 aliphatic rings. The van der Waals surface area contributed by atoms with Gasteiger partial charge in [0.25, 0.3) is 0 Å². The Morgan fingerprint density at radius 1 is 1.11 bits per heavy atom. The number of nitrogens with one attached hydrogen (secondary N) is 2. The molecule has 2 aromatic heterocycles. The number of H-pyrrole nitrogens is 1. The van der Waals surface area contributed by atoms with E-state index in [1.807, 2.05) is 49.5 Å². The Hall–Kier alpha value is -2.26. The molecule has 150 valence electrons. The van der Waals surface area contributed by atoms with Gasteiger partial charge in [0, 0.05) is 37.5 Å². The molecule has 1 aromatic carbocycles. The van der Waals surface area contributed by atoms with Gasteiger partial charge in [0.1, 0.15) is 5.65 Å². The number of aromatic amines is 1. The zero-order valence-corrected chi connectivity index (χ0v) is 17.0. The van der Waals surface area contributed by atoms with Crippen LogP contribution in [0.15, 0.2) is 53.7 Å². The third-order valence-corrected chi connectivity index (χ3v) is 5.85. The van der Waals surface area contributed by atoms with E-state index in [1.54, 1.807) is 18.3 Å². The van der Waals surface area contributed by atoms with Crippen molar-refractivity contribution in [3.05, 3.63) is 48.8 Å². The third kappa shape index (κ3) is 5.17. The van der Waals surface area contributed by atoms with E-state index in [-0.39, 0.29) is 4.90 Å². The first-order valence-electron chi connectivity index (χ1n) is 9.22. The van der Waals surface area contributed by atoms with Crippen LogP contribution in [0.4, 0.5) is 0 Å². The molecule has 3 aromatic rings. The number of benzene rings is 1. The summed E-state index contributed by atoms with van der Waals surface area (Å²) in [5.74, 6) is 0. The predicted octanol–water partition coefficient (Wildman–Crippen LogP) is 2.48. The Balaban J connectivity index is 1.57. The Kier molecular flexibility index (Phi) is 6.79. The quantitative estimate of drug-likeness (QED) is 0.509. The summed E-state index contributed by atoms with van der Waals surface area (Å²) in [5, 5.41) is 1.01. The van der Waals surface area contributed by atoms with E-state index < -0.39 is 10.0 Å². The van der Waals surface area contributed by atoms with E-state index in [1.165, 1.54) is 0 Å². The average Bonchev–Trinajstić information content (AvgIpc) is 3.16. The number of fused-ring (bicyclic) bond motifs is 1. The fourth-order valence-electron chi connectivity index (χ4n) is 2.84. The van der Waals surface area contributed by atoms with Gasteiger partial charge in [-0.2, -0.15) is 0 Å². The van der Waals surface area contributed by atoms with E-state index in [0.717, 1.165) is 28.7 Å². The fraction of sp³-hybridized carbons (Fsp3) is 0.350. The number of likely N-dealkylation sites (N-methyl/N-ethyl adjacent to an activating group) is 1. The first-order chi connectivity index (χ1) is 13.5. The van der Waals surface area contributed by atoms with Crippen LogP contribution in [0.3, 0.4) is 0 Å². The molecule has 0 bridgehead atoms. The third-order valence-electron chi connectivity index (χ3n) is 4.38. The summed E-state index contributed by atoms with van der Waals surface area (Å²) in [5.41, 5.74) is 2.77. The first kappa shape index (κ1) is 20.5. The molecule has 0 atom stereocenters. The van der Waals surface area contributed by atoms with Crippen LogP contribution in [-0.2, 0) is 14.8 Å². The van der Waals surface area contributed by atoms with E-state index in [0.29, 0.717) is 26.2 Å². The Bertz CT molecular complexity index is 998. The van der Waals surface area contributed by atoms with Gasteiger partial charge in [-0.15, -0.1) is 0 Å². The van der Waals surface area contributed by atoms with Crippen molar-refractivity contribution >= 4 is 21.1 Å². The lowest BCUT2D eigenvalue weighted by Gasteiger charge is -2.10. The summed E-state index contributed by atoms with van der Waals surface area (Å²) in [6.45, 7) is 2.37. The van der Waals surface area contributed by atoms with Gasteiger partial charge in [0.15, 0.2) is 0 Å². The van der Waals surface area contributed by atoms with Crippen LogP contribution in [0.1, 0.15) is 6.42 Å². The maximum absolute atomic E-state index is 12.5. The number of rotatable bonds is 10. The molecule has 0 aliphatic heterocycles. The first-order valence-corrected chi connectivity index (χ1v) is 10.7. The van der Waals surface area contributed by atoms with Crippen LogP contribution < -0.4 is 4.72 Å². The van der Waals surface area contributed by atoms with Crippen molar-refractivity contribution in [1.82, 2.24) is 19.6 Å². The van der Waals surface area contributed by atoms with Crippen molar-refractivity contribution in [3.8, 4) is 11.1 Å². The number of hydrogen-bond donors (Lipinski definition) is 2. The molecule has 0 unspecified atom stereocenters. The zero-order chi connectivity index (χ0) is 20.0.